The molecule has 0 heterocycles. The van der Waals surface area contributed by atoms with E-state index in [0.29, 0.717) is 6.42 Å². The Morgan fingerprint density at radius 1 is 1.38 bits per heavy atom. The monoisotopic (exact) mass is 235 g/mol. The minimum absolute atomic E-state index is 0. The van der Waals surface area contributed by atoms with Crippen LogP contribution in [0.5, 0.6) is 0 Å². The molecule has 0 aliphatic carbocycles. The van der Waals surface area contributed by atoms with Crippen LogP contribution in [0.15, 0.2) is 17.1 Å². The first-order valence-electron chi connectivity index (χ1n) is 5.20. The van der Waals surface area contributed by atoms with Crippen LogP contribution in [0, 0.1) is 0 Å². The van der Waals surface area contributed by atoms with Crippen LogP contribution in [-0.4, -0.2) is 23.5 Å². The van der Waals surface area contributed by atoms with Crippen molar-refractivity contribution in [3.05, 3.63) is 12.2 Å². The maximum Gasteiger partial charge on any atom is 1.00 e. The number of carboxylic acids is 1. The summed E-state index contributed by atoms with van der Waals surface area (Å²) in [7, 11) is 0. The first-order valence-corrected chi connectivity index (χ1v) is 5.20. The molecule has 5 heteroatoms. The largest absolute Gasteiger partial charge is 1.00 e. The molecule has 1 N–H and O–H groups in total. The Labute approximate surface area is 119 Å². The number of rotatable bonds is 8. The molecule has 0 aliphatic rings. The second-order valence-corrected chi connectivity index (χ2v) is 3.23. The number of aliphatic imine (C=N–C) groups is 1. The van der Waals surface area contributed by atoms with Crippen LogP contribution in [0.25, 0.3) is 0 Å². The van der Waals surface area contributed by atoms with E-state index in [9.17, 15) is 9.90 Å². The molecule has 0 aromatic carbocycles. The van der Waals surface area contributed by atoms with Gasteiger partial charge in [-0.25, -0.2) is 0 Å². The van der Waals surface area contributed by atoms with Crippen molar-refractivity contribution in [3.63, 3.8) is 0 Å². The molecule has 86 valence electrons. The molecule has 0 rings (SSSR count). The third-order valence-electron chi connectivity index (χ3n) is 1.86. The number of carboxylic acid groups (broad SMARTS) is 1. The van der Waals surface area contributed by atoms with Gasteiger partial charge in [-0.05, 0) is 38.5 Å². The number of unbranched alkanes of at least 4 members (excludes halogenated alkanes) is 2. The summed E-state index contributed by atoms with van der Waals surface area (Å²) in [6.07, 6.45) is 7.19. The Balaban J connectivity index is 0. The number of hydrogen-bond acceptors (Lipinski definition) is 3. The molecular formula is C11H18NNaO3. The van der Waals surface area contributed by atoms with Crippen LogP contribution in [0.2, 0.25) is 0 Å². The molecule has 4 nitrogen and oxygen atoms in total. The van der Waals surface area contributed by atoms with Gasteiger partial charge in [0.1, 0.15) is 0 Å². The number of carbonyl (C=O) groups is 1. The van der Waals surface area contributed by atoms with Gasteiger partial charge in [-0.2, -0.15) is 0 Å². The van der Waals surface area contributed by atoms with E-state index in [1.807, 2.05) is 13.0 Å². The Morgan fingerprint density at radius 2 is 2.06 bits per heavy atom. The first kappa shape index (κ1) is 18.1. The Bertz CT molecular complexity index is 239. The van der Waals surface area contributed by atoms with Crippen molar-refractivity contribution in [1.29, 1.82) is 0 Å². The minimum Gasteiger partial charge on any atom is -0.862 e. The van der Waals surface area contributed by atoms with E-state index < -0.39 is 5.97 Å². The van der Waals surface area contributed by atoms with E-state index >= 15 is 0 Å². The fourth-order valence-corrected chi connectivity index (χ4v) is 1.06. The van der Waals surface area contributed by atoms with Gasteiger partial charge in [0.25, 0.3) is 0 Å². The third-order valence-corrected chi connectivity index (χ3v) is 1.86. The van der Waals surface area contributed by atoms with E-state index in [1.54, 1.807) is 0 Å². The van der Waals surface area contributed by atoms with Gasteiger partial charge in [0.15, 0.2) is 0 Å². The van der Waals surface area contributed by atoms with Crippen LogP contribution in [0.3, 0.4) is 0 Å². The smallest absolute Gasteiger partial charge is 0.862 e. The van der Waals surface area contributed by atoms with Crippen molar-refractivity contribution in [2.75, 3.05) is 6.54 Å². The second-order valence-electron chi connectivity index (χ2n) is 3.23. The van der Waals surface area contributed by atoms with E-state index in [0.717, 1.165) is 19.3 Å². The van der Waals surface area contributed by atoms with E-state index in [2.05, 4.69) is 11.1 Å². The van der Waals surface area contributed by atoms with Crippen molar-refractivity contribution >= 4 is 11.9 Å². The molecule has 0 bridgehead atoms. The summed E-state index contributed by atoms with van der Waals surface area (Å²) >= 11 is 0. The van der Waals surface area contributed by atoms with Crippen molar-refractivity contribution in [2.24, 2.45) is 4.99 Å². The Hall–Kier alpha value is -0.320. The molecule has 0 atom stereocenters. The molecule has 0 aliphatic heterocycles. The molecule has 16 heavy (non-hydrogen) atoms. The molecule has 0 amide bonds. The van der Waals surface area contributed by atoms with Gasteiger partial charge in [-0.1, -0.05) is 12.2 Å². The summed E-state index contributed by atoms with van der Waals surface area (Å²) in [5.74, 6) is -1.10. The molecule has 0 spiro atoms. The van der Waals surface area contributed by atoms with Gasteiger partial charge >= 0.3 is 35.5 Å². The maximum absolute atomic E-state index is 11.1. The average Bonchev–Trinajstić information content (AvgIpc) is 2.17. The van der Waals surface area contributed by atoms with Gasteiger partial charge in [-0.15, -0.1) is 0 Å². The topological polar surface area (TPSA) is 72.7 Å². The predicted octanol–water partition coefficient (Wildman–Crippen LogP) is -1.64. The molecule has 0 saturated heterocycles. The van der Waals surface area contributed by atoms with E-state index in [4.69, 9.17) is 5.11 Å². The number of aliphatic carboxylic acids is 1. The van der Waals surface area contributed by atoms with Gasteiger partial charge < -0.3 is 15.2 Å². The zero-order chi connectivity index (χ0) is 11.5. The first-order chi connectivity index (χ1) is 7.16. The third kappa shape index (κ3) is 13.7. The summed E-state index contributed by atoms with van der Waals surface area (Å²) in [5.41, 5.74) is 0. The van der Waals surface area contributed by atoms with E-state index in [-0.39, 0.29) is 48.4 Å². The predicted molar refractivity (Wildman–Crippen MR) is 57.8 cm³/mol. The maximum atomic E-state index is 11.1. The van der Waals surface area contributed by atoms with Crippen LogP contribution in [0.4, 0.5) is 0 Å². The zero-order valence-corrected chi connectivity index (χ0v) is 12.1. The van der Waals surface area contributed by atoms with Gasteiger partial charge in [0.2, 0.25) is 0 Å². The van der Waals surface area contributed by atoms with Crippen LogP contribution in [0.1, 0.15) is 39.0 Å². The fourth-order valence-electron chi connectivity index (χ4n) is 1.06. The molecule has 0 radical (unpaired) electrons. The van der Waals surface area contributed by atoms with Crippen LogP contribution >= 0.6 is 0 Å². The number of hydrogen-bond donors (Lipinski definition) is 1. The van der Waals surface area contributed by atoms with Crippen molar-refractivity contribution in [1.82, 2.24) is 0 Å². The molecule has 0 aromatic heterocycles. The average molecular weight is 235 g/mol. The number of allylic oxidation sites excluding steroid dienone is 2. The molecule has 0 fully saturated rings. The number of nitrogens with zero attached hydrogens (tertiary/aromatic N) is 1. The van der Waals surface area contributed by atoms with Crippen LogP contribution in [-0.2, 0) is 4.79 Å². The Morgan fingerprint density at radius 3 is 2.62 bits per heavy atom. The van der Waals surface area contributed by atoms with Gasteiger partial charge in [0.05, 0.1) is 6.42 Å². The summed E-state index contributed by atoms with van der Waals surface area (Å²) in [4.78, 5) is 13.8. The SMILES string of the molecule is C/C=C/CCCCC([O-])=NCCC(=O)O.[Na+]. The van der Waals surface area contributed by atoms with Gasteiger partial charge in [-0.3, -0.25) is 4.79 Å². The Kier molecular flexibility index (Phi) is 14.4. The summed E-state index contributed by atoms with van der Waals surface area (Å²) < 4.78 is 0. The summed E-state index contributed by atoms with van der Waals surface area (Å²) in [5, 5.41) is 19.4. The minimum atomic E-state index is -0.917. The standard InChI is InChI=1S/C11H19NO3.Na/c1-2-3-4-5-6-7-10(13)12-9-8-11(14)15;/h2-3H,4-9H2,1H3,(H,12,13)(H,14,15);/q;+1/p-1/b3-2+;. The quantitative estimate of drug-likeness (QED) is 0.180. The second kappa shape index (κ2) is 12.7. The molecule has 0 aromatic rings. The summed E-state index contributed by atoms with van der Waals surface area (Å²) in [6, 6.07) is 0. The fraction of sp³-hybridized carbons (Fsp3) is 0.636. The molecular weight excluding hydrogens is 217 g/mol. The van der Waals surface area contributed by atoms with Gasteiger partial charge in [0, 0.05) is 6.54 Å². The molecule has 0 saturated carbocycles. The van der Waals surface area contributed by atoms with Crippen LogP contribution < -0.4 is 34.7 Å². The van der Waals surface area contributed by atoms with Crippen molar-refractivity contribution < 1.29 is 44.6 Å². The molecule has 0 unspecified atom stereocenters. The normalized spacial score (nSPS) is 11.4. The zero-order valence-electron chi connectivity index (χ0n) is 10.1. The van der Waals surface area contributed by atoms with Crippen molar-refractivity contribution in [2.45, 2.75) is 39.0 Å². The van der Waals surface area contributed by atoms with Crippen molar-refractivity contribution in [3.8, 4) is 0 Å². The van der Waals surface area contributed by atoms with E-state index in [1.165, 1.54) is 0 Å². The summed E-state index contributed by atoms with van der Waals surface area (Å²) in [6.45, 7) is 2.06.